The van der Waals surface area contributed by atoms with Gasteiger partial charge in [-0.15, -0.1) is 0 Å². The number of hydrogen-bond acceptors (Lipinski definition) is 2. The van der Waals surface area contributed by atoms with E-state index >= 15 is 0 Å². The third-order valence-corrected chi connectivity index (χ3v) is 4.63. The van der Waals surface area contributed by atoms with Gasteiger partial charge in [-0.2, -0.15) is 0 Å². The van der Waals surface area contributed by atoms with E-state index in [1.165, 1.54) is 19.3 Å². The van der Waals surface area contributed by atoms with Crippen LogP contribution in [0.1, 0.15) is 38.3 Å². The topological polar surface area (TPSA) is 46.4 Å². The lowest BCUT2D eigenvalue weighted by molar-refractivity contribution is -0.117. The number of carbonyl (C=O) groups is 1. The number of rotatable bonds is 3. The zero-order valence-corrected chi connectivity index (χ0v) is 13.4. The molecule has 2 atom stereocenters. The molecule has 22 heavy (non-hydrogen) atoms. The Kier molecular flexibility index (Phi) is 4.48. The second-order valence-electron chi connectivity index (χ2n) is 5.93. The van der Waals surface area contributed by atoms with Gasteiger partial charge in [0.2, 0.25) is 5.91 Å². The van der Waals surface area contributed by atoms with Crippen LogP contribution in [0.15, 0.2) is 30.5 Å². The zero-order chi connectivity index (χ0) is 15.5. The Morgan fingerprint density at radius 1 is 1.41 bits per heavy atom. The number of pyridine rings is 1. The molecule has 0 spiro atoms. The Hall–Kier alpha value is -1.81. The van der Waals surface area contributed by atoms with Crippen LogP contribution in [0, 0.1) is 5.92 Å². The van der Waals surface area contributed by atoms with Gasteiger partial charge >= 0.3 is 0 Å². The highest BCUT2D eigenvalue weighted by Gasteiger charge is 2.21. The Balaban J connectivity index is 1.72. The molecular formula is C17H20ClN3O. The number of hydrogen-bond donors (Lipinski definition) is 1. The first-order valence-corrected chi connectivity index (χ1v) is 8.14. The largest absolute Gasteiger partial charge is 0.350 e. The third kappa shape index (κ3) is 3.17. The van der Waals surface area contributed by atoms with Crippen molar-refractivity contribution in [1.82, 2.24) is 14.7 Å². The number of amides is 1. The molecule has 1 fully saturated rings. The molecule has 1 N–H and O–H groups in total. The molecule has 0 aromatic carbocycles. The Morgan fingerprint density at radius 2 is 2.23 bits per heavy atom. The van der Waals surface area contributed by atoms with Gasteiger partial charge in [0, 0.05) is 18.3 Å². The van der Waals surface area contributed by atoms with E-state index < -0.39 is 0 Å². The maximum Gasteiger partial charge on any atom is 0.244 e. The predicted octanol–water partition coefficient (Wildman–Crippen LogP) is 3.70. The molecule has 0 aliphatic heterocycles. The summed E-state index contributed by atoms with van der Waals surface area (Å²) in [6, 6.07) is 5.98. The summed E-state index contributed by atoms with van der Waals surface area (Å²) < 4.78 is 1.87. The Bertz CT molecular complexity index is 707. The SMILES string of the molecule is CC1CCCCC1NC(=O)C=Cc1c(Cl)nc2ccccn12. The van der Waals surface area contributed by atoms with Crippen molar-refractivity contribution in [2.24, 2.45) is 5.92 Å². The van der Waals surface area contributed by atoms with E-state index in [-0.39, 0.29) is 11.9 Å². The highest BCUT2D eigenvalue weighted by molar-refractivity contribution is 6.31. The Labute approximate surface area is 135 Å². The standard InChI is InChI=1S/C17H20ClN3O/c1-12-6-2-3-7-13(12)19-16(22)10-9-14-17(18)20-15-8-4-5-11-21(14)15/h4-5,8-13H,2-3,6-7H2,1H3,(H,19,22). The molecule has 2 aromatic rings. The molecule has 2 heterocycles. The summed E-state index contributed by atoms with van der Waals surface area (Å²) in [4.78, 5) is 16.4. The Morgan fingerprint density at radius 3 is 3.05 bits per heavy atom. The molecule has 5 heteroatoms. The summed E-state index contributed by atoms with van der Waals surface area (Å²) >= 11 is 6.15. The monoisotopic (exact) mass is 317 g/mol. The van der Waals surface area contributed by atoms with Crippen molar-refractivity contribution < 1.29 is 4.79 Å². The van der Waals surface area contributed by atoms with E-state index in [1.807, 2.05) is 28.8 Å². The summed E-state index contributed by atoms with van der Waals surface area (Å²) in [5, 5.41) is 3.50. The van der Waals surface area contributed by atoms with Gasteiger partial charge in [-0.3, -0.25) is 9.20 Å². The van der Waals surface area contributed by atoms with Crippen LogP contribution in [-0.4, -0.2) is 21.3 Å². The van der Waals surface area contributed by atoms with Gasteiger partial charge in [-0.1, -0.05) is 37.4 Å². The van der Waals surface area contributed by atoms with Crippen molar-refractivity contribution in [1.29, 1.82) is 0 Å². The van der Waals surface area contributed by atoms with E-state index in [1.54, 1.807) is 12.2 Å². The van der Waals surface area contributed by atoms with Crippen molar-refractivity contribution in [3.63, 3.8) is 0 Å². The van der Waals surface area contributed by atoms with E-state index in [9.17, 15) is 4.79 Å². The molecule has 1 amide bonds. The summed E-state index contributed by atoms with van der Waals surface area (Å²) in [6.45, 7) is 2.20. The fraction of sp³-hybridized carbons (Fsp3) is 0.412. The second-order valence-corrected chi connectivity index (χ2v) is 6.28. The van der Waals surface area contributed by atoms with Crippen LogP contribution in [0.5, 0.6) is 0 Å². The minimum atomic E-state index is -0.0688. The maximum atomic E-state index is 12.1. The quantitative estimate of drug-likeness (QED) is 0.877. The molecule has 1 aliphatic carbocycles. The number of nitrogens with one attached hydrogen (secondary N) is 1. The summed E-state index contributed by atoms with van der Waals surface area (Å²) in [6.07, 6.45) is 9.87. The maximum absolute atomic E-state index is 12.1. The number of carbonyl (C=O) groups excluding carboxylic acids is 1. The molecule has 3 rings (SSSR count). The number of aromatic nitrogens is 2. The van der Waals surface area contributed by atoms with Crippen LogP contribution in [0.4, 0.5) is 0 Å². The van der Waals surface area contributed by atoms with Crippen LogP contribution in [0.2, 0.25) is 5.15 Å². The number of fused-ring (bicyclic) bond motifs is 1. The van der Waals surface area contributed by atoms with Gasteiger partial charge in [0.25, 0.3) is 0 Å². The fourth-order valence-electron chi connectivity index (χ4n) is 3.05. The van der Waals surface area contributed by atoms with Crippen molar-refractivity contribution in [2.75, 3.05) is 0 Å². The van der Waals surface area contributed by atoms with Gasteiger partial charge in [-0.05, 0) is 37.0 Å². The average molecular weight is 318 g/mol. The molecule has 0 bridgehead atoms. The number of halogens is 1. The van der Waals surface area contributed by atoms with Crippen molar-refractivity contribution in [3.05, 3.63) is 41.3 Å². The number of nitrogens with zero attached hydrogens (tertiary/aromatic N) is 2. The van der Waals surface area contributed by atoms with E-state index in [0.717, 1.165) is 17.8 Å². The number of imidazole rings is 1. The molecule has 4 nitrogen and oxygen atoms in total. The molecule has 0 saturated heterocycles. The third-order valence-electron chi connectivity index (χ3n) is 4.35. The second kappa shape index (κ2) is 6.53. The smallest absolute Gasteiger partial charge is 0.244 e. The van der Waals surface area contributed by atoms with Crippen LogP contribution in [0.3, 0.4) is 0 Å². The molecule has 1 aliphatic rings. The molecule has 116 valence electrons. The lowest BCUT2D eigenvalue weighted by atomic mass is 9.86. The van der Waals surface area contributed by atoms with Gasteiger partial charge in [-0.25, -0.2) is 4.98 Å². The average Bonchev–Trinajstić information content (AvgIpc) is 2.83. The van der Waals surface area contributed by atoms with E-state index in [2.05, 4.69) is 17.2 Å². The minimum Gasteiger partial charge on any atom is -0.350 e. The van der Waals surface area contributed by atoms with Gasteiger partial charge < -0.3 is 5.32 Å². The minimum absolute atomic E-state index is 0.0688. The molecule has 2 unspecified atom stereocenters. The van der Waals surface area contributed by atoms with Crippen LogP contribution in [-0.2, 0) is 4.79 Å². The normalized spacial score (nSPS) is 22.3. The summed E-state index contributed by atoms with van der Waals surface area (Å²) in [7, 11) is 0. The van der Waals surface area contributed by atoms with Crippen LogP contribution >= 0.6 is 11.6 Å². The fourth-order valence-corrected chi connectivity index (χ4v) is 3.29. The summed E-state index contributed by atoms with van der Waals surface area (Å²) in [5.74, 6) is 0.478. The highest BCUT2D eigenvalue weighted by Crippen LogP contribution is 2.24. The molecular weight excluding hydrogens is 298 g/mol. The highest BCUT2D eigenvalue weighted by atomic mass is 35.5. The van der Waals surface area contributed by atoms with Crippen molar-refractivity contribution in [3.8, 4) is 0 Å². The zero-order valence-electron chi connectivity index (χ0n) is 12.6. The van der Waals surface area contributed by atoms with Gasteiger partial charge in [0.05, 0.1) is 5.69 Å². The first kappa shape index (κ1) is 15.1. The lowest BCUT2D eigenvalue weighted by Crippen LogP contribution is -2.40. The van der Waals surface area contributed by atoms with Crippen LogP contribution in [0.25, 0.3) is 11.7 Å². The van der Waals surface area contributed by atoms with Crippen LogP contribution < -0.4 is 5.32 Å². The van der Waals surface area contributed by atoms with E-state index in [0.29, 0.717) is 11.1 Å². The molecule has 0 radical (unpaired) electrons. The molecule has 1 saturated carbocycles. The predicted molar refractivity (Wildman–Crippen MR) is 88.8 cm³/mol. The lowest BCUT2D eigenvalue weighted by Gasteiger charge is -2.29. The summed E-state index contributed by atoms with van der Waals surface area (Å²) in [5.41, 5.74) is 1.50. The van der Waals surface area contributed by atoms with Gasteiger partial charge in [0.1, 0.15) is 5.65 Å². The molecule has 2 aromatic heterocycles. The van der Waals surface area contributed by atoms with Crippen molar-refractivity contribution >= 4 is 29.2 Å². The van der Waals surface area contributed by atoms with E-state index in [4.69, 9.17) is 11.6 Å². The van der Waals surface area contributed by atoms with Gasteiger partial charge in [0.15, 0.2) is 5.15 Å². The first-order chi connectivity index (χ1) is 10.6. The van der Waals surface area contributed by atoms with Crippen molar-refractivity contribution in [2.45, 2.75) is 38.6 Å². The first-order valence-electron chi connectivity index (χ1n) is 7.76.